The van der Waals surface area contributed by atoms with Crippen molar-refractivity contribution in [3.05, 3.63) is 29.8 Å². The van der Waals surface area contributed by atoms with Gasteiger partial charge in [0.1, 0.15) is 5.75 Å². The van der Waals surface area contributed by atoms with Gasteiger partial charge in [-0.2, -0.15) is 8.78 Å². The Kier molecular flexibility index (Phi) is 5.40. The molecule has 0 aliphatic rings. The molecule has 1 unspecified atom stereocenters. The topological polar surface area (TPSA) is 92.7 Å². The van der Waals surface area contributed by atoms with E-state index in [1.807, 2.05) is 0 Å². The average Bonchev–Trinajstić information content (AvgIpc) is 2.25. The summed E-state index contributed by atoms with van der Waals surface area (Å²) in [6.45, 7) is -1.52. The molecule has 0 aromatic heterocycles. The average molecular weight is 309 g/mol. The molecule has 0 aliphatic heterocycles. The number of carboxylic acid groups (broad SMARTS) is 1. The van der Waals surface area contributed by atoms with Crippen molar-refractivity contribution >= 4 is 16.0 Å². The fourth-order valence-electron chi connectivity index (χ4n) is 1.50. The smallest absolute Gasteiger partial charge is 0.387 e. The number of benzene rings is 1. The molecule has 0 saturated heterocycles. The van der Waals surface area contributed by atoms with Crippen LogP contribution in [0.15, 0.2) is 24.3 Å². The van der Waals surface area contributed by atoms with Crippen LogP contribution in [0.4, 0.5) is 8.78 Å². The van der Waals surface area contributed by atoms with E-state index in [1.54, 1.807) is 0 Å². The van der Waals surface area contributed by atoms with E-state index in [-0.39, 0.29) is 5.75 Å². The summed E-state index contributed by atoms with van der Waals surface area (Å²) < 4.78 is 53.4. The first kappa shape index (κ1) is 16.3. The fraction of sp³-hybridized carbons (Fsp3) is 0.364. The number of rotatable bonds is 7. The standard InChI is InChI=1S/C11H13F2NO5S/c1-7(14-20(17,18)6-10(15)16)8-3-2-4-9(5-8)19-11(12)13/h2-5,7,11,14H,6H2,1H3,(H,15,16). The third-order valence-corrected chi connectivity index (χ3v) is 3.59. The lowest BCUT2D eigenvalue weighted by molar-refractivity contribution is -0.134. The second-order valence-corrected chi connectivity index (χ2v) is 5.70. The molecule has 2 N–H and O–H groups in total. The van der Waals surface area contributed by atoms with Gasteiger partial charge in [0.15, 0.2) is 5.75 Å². The van der Waals surface area contributed by atoms with Crippen LogP contribution in [0.2, 0.25) is 0 Å². The number of aliphatic carboxylic acids is 1. The second kappa shape index (κ2) is 6.62. The van der Waals surface area contributed by atoms with Crippen molar-refractivity contribution in [3.63, 3.8) is 0 Å². The molecular formula is C11H13F2NO5S. The summed E-state index contributed by atoms with van der Waals surface area (Å²) in [7, 11) is -4.00. The van der Waals surface area contributed by atoms with Crippen molar-refractivity contribution in [2.75, 3.05) is 5.75 Å². The zero-order chi connectivity index (χ0) is 15.3. The van der Waals surface area contributed by atoms with Gasteiger partial charge in [0, 0.05) is 6.04 Å². The van der Waals surface area contributed by atoms with E-state index in [0.29, 0.717) is 5.56 Å². The number of carbonyl (C=O) groups is 1. The summed E-state index contributed by atoms with van der Waals surface area (Å²) in [5.41, 5.74) is 0.372. The molecule has 112 valence electrons. The monoisotopic (exact) mass is 309 g/mol. The highest BCUT2D eigenvalue weighted by Crippen LogP contribution is 2.21. The minimum absolute atomic E-state index is 0.109. The predicted octanol–water partition coefficient (Wildman–Crippen LogP) is 1.35. The summed E-state index contributed by atoms with van der Waals surface area (Å²) in [4.78, 5) is 10.4. The third-order valence-electron chi connectivity index (χ3n) is 2.25. The van der Waals surface area contributed by atoms with Crippen LogP contribution < -0.4 is 9.46 Å². The lowest BCUT2D eigenvalue weighted by atomic mass is 10.1. The Morgan fingerprint density at radius 2 is 2.10 bits per heavy atom. The Morgan fingerprint density at radius 3 is 2.65 bits per heavy atom. The molecule has 0 aliphatic carbocycles. The Labute approximate surface area is 114 Å². The maximum Gasteiger partial charge on any atom is 0.387 e. The van der Waals surface area contributed by atoms with E-state index in [1.165, 1.54) is 31.2 Å². The van der Waals surface area contributed by atoms with Gasteiger partial charge >= 0.3 is 12.6 Å². The number of hydrogen-bond acceptors (Lipinski definition) is 4. The first-order valence-corrected chi connectivity index (χ1v) is 7.11. The molecule has 0 radical (unpaired) electrons. The summed E-state index contributed by atoms with van der Waals surface area (Å²) in [6.07, 6.45) is 0. The molecule has 0 bridgehead atoms. The summed E-state index contributed by atoms with van der Waals surface area (Å²) in [5, 5.41) is 8.45. The Hall–Kier alpha value is -1.74. The van der Waals surface area contributed by atoms with Crippen LogP contribution in [0.1, 0.15) is 18.5 Å². The number of alkyl halides is 2. The first-order chi connectivity index (χ1) is 9.19. The zero-order valence-corrected chi connectivity index (χ0v) is 11.2. The molecule has 0 spiro atoms. The van der Waals surface area contributed by atoms with Crippen LogP contribution >= 0.6 is 0 Å². The van der Waals surface area contributed by atoms with Crippen LogP contribution in [0.3, 0.4) is 0 Å². The van der Waals surface area contributed by atoms with E-state index in [2.05, 4.69) is 9.46 Å². The molecule has 1 aromatic carbocycles. The van der Waals surface area contributed by atoms with E-state index >= 15 is 0 Å². The Morgan fingerprint density at radius 1 is 1.45 bits per heavy atom. The highest BCUT2D eigenvalue weighted by molar-refractivity contribution is 7.90. The summed E-state index contributed by atoms with van der Waals surface area (Å²) in [5.74, 6) is -2.66. The number of halogens is 2. The van der Waals surface area contributed by atoms with Crippen LogP contribution in [-0.4, -0.2) is 31.9 Å². The van der Waals surface area contributed by atoms with Gasteiger partial charge in [0.2, 0.25) is 10.0 Å². The van der Waals surface area contributed by atoms with Crippen molar-refractivity contribution in [3.8, 4) is 5.75 Å². The fourth-order valence-corrected chi connectivity index (χ4v) is 2.58. The van der Waals surface area contributed by atoms with Crippen molar-refractivity contribution in [1.82, 2.24) is 4.72 Å². The normalized spacial score (nSPS) is 13.2. The number of carboxylic acids is 1. The Bertz CT molecular complexity index is 576. The van der Waals surface area contributed by atoms with Crippen molar-refractivity contribution in [2.45, 2.75) is 19.6 Å². The maximum atomic E-state index is 12.1. The highest BCUT2D eigenvalue weighted by Gasteiger charge is 2.19. The van der Waals surface area contributed by atoms with Crippen LogP contribution in [-0.2, 0) is 14.8 Å². The van der Waals surface area contributed by atoms with Gasteiger partial charge in [-0.25, -0.2) is 13.1 Å². The van der Waals surface area contributed by atoms with E-state index in [4.69, 9.17) is 5.11 Å². The molecule has 1 atom stereocenters. The number of nitrogens with one attached hydrogen (secondary N) is 1. The summed E-state index contributed by atoms with van der Waals surface area (Å²) in [6, 6.07) is 4.70. The Balaban J connectivity index is 2.82. The number of hydrogen-bond donors (Lipinski definition) is 2. The number of sulfonamides is 1. The second-order valence-electron chi connectivity index (χ2n) is 3.94. The van der Waals surface area contributed by atoms with Crippen molar-refractivity contribution in [1.29, 1.82) is 0 Å². The minimum Gasteiger partial charge on any atom is -0.480 e. The third kappa shape index (κ3) is 5.49. The molecule has 9 heteroatoms. The highest BCUT2D eigenvalue weighted by atomic mass is 32.2. The quantitative estimate of drug-likeness (QED) is 0.793. The SMILES string of the molecule is CC(NS(=O)(=O)CC(=O)O)c1cccc(OC(F)F)c1. The molecule has 20 heavy (non-hydrogen) atoms. The van der Waals surface area contributed by atoms with Gasteiger partial charge in [-0.05, 0) is 24.6 Å². The molecule has 6 nitrogen and oxygen atoms in total. The van der Waals surface area contributed by atoms with E-state index in [9.17, 15) is 22.0 Å². The molecule has 0 amide bonds. The molecule has 0 heterocycles. The molecule has 1 rings (SSSR count). The largest absolute Gasteiger partial charge is 0.480 e. The first-order valence-electron chi connectivity index (χ1n) is 5.46. The molecule has 1 aromatic rings. The molecule has 0 fully saturated rings. The van der Waals surface area contributed by atoms with Crippen molar-refractivity contribution < 1.29 is 31.8 Å². The van der Waals surface area contributed by atoms with Gasteiger partial charge in [0.25, 0.3) is 0 Å². The van der Waals surface area contributed by atoms with Gasteiger partial charge in [-0.15, -0.1) is 0 Å². The van der Waals surface area contributed by atoms with Gasteiger partial charge in [-0.3, -0.25) is 4.79 Å². The zero-order valence-electron chi connectivity index (χ0n) is 10.4. The molecular weight excluding hydrogens is 296 g/mol. The van der Waals surface area contributed by atoms with Crippen molar-refractivity contribution in [2.24, 2.45) is 0 Å². The van der Waals surface area contributed by atoms with Gasteiger partial charge in [0.05, 0.1) is 0 Å². The summed E-state index contributed by atoms with van der Waals surface area (Å²) >= 11 is 0. The lowest BCUT2D eigenvalue weighted by Crippen LogP contribution is -2.32. The van der Waals surface area contributed by atoms with Gasteiger partial charge < -0.3 is 9.84 Å². The molecule has 0 saturated carbocycles. The maximum absolute atomic E-state index is 12.1. The van der Waals surface area contributed by atoms with E-state index < -0.39 is 34.4 Å². The van der Waals surface area contributed by atoms with Crippen LogP contribution in [0.25, 0.3) is 0 Å². The van der Waals surface area contributed by atoms with Gasteiger partial charge in [-0.1, -0.05) is 12.1 Å². The predicted molar refractivity (Wildman–Crippen MR) is 66.0 cm³/mol. The minimum atomic E-state index is -4.00. The number of ether oxygens (including phenoxy) is 1. The van der Waals surface area contributed by atoms with E-state index in [0.717, 1.165) is 0 Å². The lowest BCUT2D eigenvalue weighted by Gasteiger charge is -2.15. The van der Waals surface area contributed by atoms with Crippen LogP contribution in [0, 0.1) is 0 Å². The van der Waals surface area contributed by atoms with Crippen LogP contribution in [0.5, 0.6) is 5.75 Å².